The SMILES string of the molecule is C[C@@H](NC(=O)c1ccccc1)C(=O)NC[C@H](c1cccc(F)c1)N(C)C. The summed E-state index contributed by atoms with van der Waals surface area (Å²) in [5, 5.41) is 5.49. The summed E-state index contributed by atoms with van der Waals surface area (Å²) < 4.78 is 13.5. The van der Waals surface area contributed by atoms with E-state index in [1.807, 2.05) is 31.1 Å². The molecule has 0 aliphatic heterocycles. The van der Waals surface area contributed by atoms with Gasteiger partial charge in [-0.3, -0.25) is 9.59 Å². The zero-order chi connectivity index (χ0) is 19.1. The van der Waals surface area contributed by atoms with Crippen LogP contribution >= 0.6 is 0 Å². The van der Waals surface area contributed by atoms with Crippen LogP contribution in [0.4, 0.5) is 4.39 Å². The van der Waals surface area contributed by atoms with E-state index in [1.54, 1.807) is 37.3 Å². The summed E-state index contributed by atoms with van der Waals surface area (Å²) in [6.45, 7) is 1.93. The van der Waals surface area contributed by atoms with E-state index >= 15 is 0 Å². The van der Waals surface area contributed by atoms with Crippen molar-refractivity contribution in [3.05, 3.63) is 71.5 Å². The van der Waals surface area contributed by atoms with Gasteiger partial charge in [-0.1, -0.05) is 30.3 Å². The van der Waals surface area contributed by atoms with Crippen LogP contribution in [-0.4, -0.2) is 43.4 Å². The van der Waals surface area contributed by atoms with Crippen LogP contribution in [0.5, 0.6) is 0 Å². The lowest BCUT2D eigenvalue weighted by atomic mass is 10.1. The van der Waals surface area contributed by atoms with E-state index in [0.717, 1.165) is 5.56 Å². The van der Waals surface area contributed by atoms with Crippen molar-refractivity contribution in [3.63, 3.8) is 0 Å². The lowest BCUT2D eigenvalue weighted by Crippen LogP contribution is -2.46. The Morgan fingerprint density at radius 2 is 1.77 bits per heavy atom. The van der Waals surface area contributed by atoms with E-state index in [0.29, 0.717) is 12.1 Å². The number of nitrogens with zero attached hydrogens (tertiary/aromatic N) is 1. The average molecular weight is 357 g/mol. The monoisotopic (exact) mass is 357 g/mol. The summed E-state index contributed by atoms with van der Waals surface area (Å²) in [7, 11) is 3.73. The summed E-state index contributed by atoms with van der Waals surface area (Å²) in [6, 6.07) is 14.2. The molecule has 0 aromatic heterocycles. The summed E-state index contributed by atoms with van der Waals surface area (Å²) in [5.41, 5.74) is 1.27. The fourth-order valence-corrected chi connectivity index (χ4v) is 2.60. The Kier molecular flexibility index (Phi) is 6.86. The third-order valence-corrected chi connectivity index (χ3v) is 4.10. The molecular weight excluding hydrogens is 333 g/mol. The van der Waals surface area contributed by atoms with Gasteiger partial charge >= 0.3 is 0 Å². The first-order valence-electron chi connectivity index (χ1n) is 8.44. The molecule has 0 saturated heterocycles. The molecule has 0 saturated carbocycles. The quantitative estimate of drug-likeness (QED) is 0.800. The van der Waals surface area contributed by atoms with Gasteiger partial charge in [-0.15, -0.1) is 0 Å². The molecular formula is C20H24FN3O2. The molecule has 0 heterocycles. The molecule has 6 heteroatoms. The van der Waals surface area contributed by atoms with Crippen LogP contribution in [0, 0.1) is 5.82 Å². The number of likely N-dealkylation sites (N-methyl/N-ethyl adjacent to an activating group) is 1. The van der Waals surface area contributed by atoms with Crippen molar-refractivity contribution in [1.82, 2.24) is 15.5 Å². The van der Waals surface area contributed by atoms with Gasteiger partial charge in [0.05, 0.1) is 6.04 Å². The molecule has 2 aromatic carbocycles. The summed E-state index contributed by atoms with van der Waals surface area (Å²) in [4.78, 5) is 26.3. The van der Waals surface area contributed by atoms with E-state index in [2.05, 4.69) is 10.6 Å². The highest BCUT2D eigenvalue weighted by Gasteiger charge is 2.20. The summed E-state index contributed by atoms with van der Waals surface area (Å²) >= 11 is 0. The second-order valence-electron chi connectivity index (χ2n) is 6.34. The van der Waals surface area contributed by atoms with Gasteiger partial charge < -0.3 is 15.5 Å². The Hall–Kier alpha value is -2.73. The van der Waals surface area contributed by atoms with Crippen LogP contribution in [-0.2, 0) is 4.79 Å². The van der Waals surface area contributed by atoms with Gasteiger partial charge in [-0.2, -0.15) is 0 Å². The topological polar surface area (TPSA) is 61.4 Å². The lowest BCUT2D eigenvalue weighted by molar-refractivity contribution is -0.122. The second kappa shape index (κ2) is 9.10. The van der Waals surface area contributed by atoms with E-state index in [1.165, 1.54) is 12.1 Å². The first-order chi connectivity index (χ1) is 12.4. The van der Waals surface area contributed by atoms with Gasteiger partial charge in [0.15, 0.2) is 0 Å². The number of halogens is 1. The maximum absolute atomic E-state index is 13.5. The number of hydrogen-bond acceptors (Lipinski definition) is 3. The van der Waals surface area contributed by atoms with Crippen LogP contribution in [0.3, 0.4) is 0 Å². The van der Waals surface area contributed by atoms with Crippen LogP contribution in [0.15, 0.2) is 54.6 Å². The smallest absolute Gasteiger partial charge is 0.251 e. The summed E-state index contributed by atoms with van der Waals surface area (Å²) in [5.74, 6) is -0.913. The number of nitrogens with one attached hydrogen (secondary N) is 2. The van der Waals surface area contributed by atoms with Crippen molar-refractivity contribution >= 4 is 11.8 Å². The van der Waals surface area contributed by atoms with Crippen molar-refractivity contribution in [3.8, 4) is 0 Å². The molecule has 2 N–H and O–H groups in total. The van der Waals surface area contributed by atoms with Crippen molar-refractivity contribution in [2.75, 3.05) is 20.6 Å². The Morgan fingerprint density at radius 3 is 2.38 bits per heavy atom. The highest BCUT2D eigenvalue weighted by molar-refractivity contribution is 5.97. The molecule has 0 unspecified atom stereocenters. The number of carbonyl (C=O) groups excluding carboxylic acids is 2. The predicted octanol–water partition coefficient (Wildman–Crippen LogP) is 2.36. The van der Waals surface area contributed by atoms with E-state index < -0.39 is 6.04 Å². The first kappa shape index (κ1) is 19.6. The minimum absolute atomic E-state index is 0.174. The average Bonchev–Trinajstić information content (AvgIpc) is 2.62. The molecule has 0 spiro atoms. The van der Waals surface area contributed by atoms with Crippen molar-refractivity contribution < 1.29 is 14.0 Å². The third kappa shape index (κ3) is 5.39. The van der Waals surface area contributed by atoms with E-state index in [-0.39, 0.29) is 23.7 Å². The van der Waals surface area contributed by atoms with Gasteiger partial charge in [0.25, 0.3) is 5.91 Å². The molecule has 0 aliphatic carbocycles. The lowest BCUT2D eigenvalue weighted by Gasteiger charge is -2.26. The van der Waals surface area contributed by atoms with Gasteiger partial charge in [-0.05, 0) is 50.8 Å². The minimum Gasteiger partial charge on any atom is -0.352 e. The highest BCUT2D eigenvalue weighted by atomic mass is 19.1. The summed E-state index contributed by atoms with van der Waals surface area (Å²) in [6.07, 6.45) is 0. The van der Waals surface area contributed by atoms with Gasteiger partial charge in [0.1, 0.15) is 11.9 Å². The largest absolute Gasteiger partial charge is 0.352 e. The zero-order valence-corrected chi connectivity index (χ0v) is 15.2. The van der Waals surface area contributed by atoms with Crippen LogP contribution in [0.25, 0.3) is 0 Å². The fraction of sp³-hybridized carbons (Fsp3) is 0.300. The molecule has 138 valence electrons. The fourth-order valence-electron chi connectivity index (χ4n) is 2.60. The first-order valence-corrected chi connectivity index (χ1v) is 8.44. The second-order valence-corrected chi connectivity index (χ2v) is 6.34. The third-order valence-electron chi connectivity index (χ3n) is 4.10. The predicted molar refractivity (Wildman–Crippen MR) is 99.2 cm³/mol. The van der Waals surface area contributed by atoms with Crippen molar-refractivity contribution in [2.45, 2.75) is 19.0 Å². The molecule has 0 fully saturated rings. The van der Waals surface area contributed by atoms with Gasteiger partial charge in [0, 0.05) is 12.1 Å². The molecule has 26 heavy (non-hydrogen) atoms. The van der Waals surface area contributed by atoms with Crippen LogP contribution < -0.4 is 10.6 Å². The van der Waals surface area contributed by atoms with E-state index in [9.17, 15) is 14.0 Å². The van der Waals surface area contributed by atoms with Gasteiger partial charge in [0.2, 0.25) is 5.91 Å². The standard InChI is InChI=1S/C20H24FN3O2/c1-14(23-20(26)15-8-5-4-6-9-15)19(25)22-13-18(24(2)3)16-10-7-11-17(21)12-16/h4-12,14,18H,13H2,1-3H3,(H,22,25)(H,23,26)/t14-,18-/m1/s1. The minimum atomic E-state index is -0.682. The molecule has 2 atom stereocenters. The molecule has 5 nitrogen and oxygen atoms in total. The number of benzene rings is 2. The number of hydrogen-bond donors (Lipinski definition) is 2. The maximum atomic E-state index is 13.5. The van der Waals surface area contributed by atoms with Gasteiger partial charge in [-0.25, -0.2) is 4.39 Å². The Morgan fingerprint density at radius 1 is 1.08 bits per heavy atom. The zero-order valence-electron chi connectivity index (χ0n) is 15.2. The number of carbonyl (C=O) groups is 2. The highest BCUT2D eigenvalue weighted by Crippen LogP contribution is 2.18. The Labute approximate surface area is 153 Å². The molecule has 2 rings (SSSR count). The van der Waals surface area contributed by atoms with Crippen molar-refractivity contribution in [1.29, 1.82) is 0 Å². The molecule has 2 aromatic rings. The number of rotatable bonds is 7. The number of amides is 2. The van der Waals surface area contributed by atoms with Crippen molar-refractivity contribution in [2.24, 2.45) is 0 Å². The molecule has 0 bridgehead atoms. The molecule has 0 aliphatic rings. The Balaban J connectivity index is 1.94. The normalized spacial score (nSPS) is 13.1. The van der Waals surface area contributed by atoms with Crippen LogP contribution in [0.2, 0.25) is 0 Å². The van der Waals surface area contributed by atoms with Crippen LogP contribution in [0.1, 0.15) is 28.9 Å². The maximum Gasteiger partial charge on any atom is 0.251 e. The molecule has 0 radical (unpaired) electrons. The van der Waals surface area contributed by atoms with E-state index in [4.69, 9.17) is 0 Å². The Bertz CT molecular complexity index is 750. The molecule has 2 amide bonds.